The molecule has 2 aromatic carbocycles. The summed E-state index contributed by atoms with van der Waals surface area (Å²) in [6, 6.07) is 13.1. The van der Waals surface area contributed by atoms with Crippen molar-refractivity contribution in [2.45, 2.75) is 28.7 Å². The molecule has 1 saturated heterocycles. The first-order valence-electron chi connectivity index (χ1n) is 7.79. The Hall–Kier alpha value is -2.18. The van der Waals surface area contributed by atoms with Crippen molar-refractivity contribution in [3.63, 3.8) is 0 Å². The van der Waals surface area contributed by atoms with Gasteiger partial charge in [0.2, 0.25) is 9.84 Å². The molecule has 1 N–H and O–H groups in total. The first-order valence-corrected chi connectivity index (χ1v) is 9.27. The Morgan fingerprint density at radius 2 is 1.88 bits per heavy atom. The van der Waals surface area contributed by atoms with Gasteiger partial charge in [-0.2, -0.15) is 0 Å². The zero-order valence-corrected chi connectivity index (χ0v) is 14.2. The summed E-state index contributed by atoms with van der Waals surface area (Å²) in [5, 5.41) is 3.39. The molecule has 0 spiro atoms. The minimum Gasteiger partial charge on any atom is -0.465 e. The summed E-state index contributed by atoms with van der Waals surface area (Å²) in [6.07, 6.45) is 2.19. The van der Waals surface area contributed by atoms with Gasteiger partial charge in [0.1, 0.15) is 0 Å². The van der Waals surface area contributed by atoms with E-state index in [2.05, 4.69) is 10.1 Å². The van der Waals surface area contributed by atoms with E-state index >= 15 is 0 Å². The highest BCUT2D eigenvalue weighted by Crippen LogP contribution is 2.26. The standard InChI is InChI=1S/C18H19NO4S/c1-23-18(20)14-4-2-5-16(12-14)24(21,22)15-9-7-13(8-10-15)17-6-3-11-19-17/h2,4-5,7-10,12,17,19H,3,6,11H2,1H3/t17-/m1/s1. The maximum absolute atomic E-state index is 12.8. The van der Waals surface area contributed by atoms with Gasteiger partial charge in [0.25, 0.3) is 0 Å². The van der Waals surface area contributed by atoms with Crippen molar-refractivity contribution < 1.29 is 17.9 Å². The second kappa shape index (κ2) is 6.75. The van der Waals surface area contributed by atoms with Gasteiger partial charge in [0, 0.05) is 6.04 Å². The van der Waals surface area contributed by atoms with Crippen LogP contribution in [-0.2, 0) is 14.6 Å². The van der Waals surface area contributed by atoms with Gasteiger partial charge in [0.05, 0.1) is 22.5 Å². The van der Waals surface area contributed by atoms with Crippen LogP contribution in [0.15, 0.2) is 58.3 Å². The van der Waals surface area contributed by atoms with Gasteiger partial charge in [0.15, 0.2) is 0 Å². The molecule has 1 aliphatic rings. The number of esters is 1. The molecule has 0 unspecified atom stereocenters. The predicted octanol–water partition coefficient (Wildman–Crippen LogP) is 2.73. The van der Waals surface area contributed by atoms with Gasteiger partial charge >= 0.3 is 5.97 Å². The minimum absolute atomic E-state index is 0.0807. The van der Waals surface area contributed by atoms with Crippen LogP contribution in [0.25, 0.3) is 0 Å². The predicted molar refractivity (Wildman–Crippen MR) is 89.7 cm³/mol. The highest BCUT2D eigenvalue weighted by molar-refractivity contribution is 7.91. The number of hydrogen-bond acceptors (Lipinski definition) is 5. The fourth-order valence-electron chi connectivity index (χ4n) is 2.89. The average Bonchev–Trinajstić information content (AvgIpc) is 3.16. The molecule has 126 valence electrons. The Bertz CT molecular complexity index is 838. The zero-order chi connectivity index (χ0) is 17.2. The maximum Gasteiger partial charge on any atom is 0.337 e. The van der Waals surface area contributed by atoms with Crippen LogP contribution in [0.4, 0.5) is 0 Å². The van der Waals surface area contributed by atoms with E-state index in [0.717, 1.165) is 24.9 Å². The Labute approximate surface area is 141 Å². The first kappa shape index (κ1) is 16.7. The fraction of sp³-hybridized carbons (Fsp3) is 0.278. The van der Waals surface area contributed by atoms with E-state index in [-0.39, 0.29) is 15.4 Å². The molecule has 0 aliphatic carbocycles. The second-order valence-electron chi connectivity index (χ2n) is 5.74. The van der Waals surface area contributed by atoms with Gasteiger partial charge in [-0.05, 0) is 55.3 Å². The van der Waals surface area contributed by atoms with Crippen molar-refractivity contribution in [1.82, 2.24) is 5.32 Å². The summed E-state index contributed by atoms with van der Waals surface area (Å²) in [4.78, 5) is 11.9. The summed E-state index contributed by atoms with van der Waals surface area (Å²) in [7, 11) is -2.41. The van der Waals surface area contributed by atoms with Crippen molar-refractivity contribution in [1.29, 1.82) is 0 Å². The molecule has 0 bridgehead atoms. The summed E-state index contributed by atoms with van der Waals surface area (Å²) in [6.45, 7) is 0.991. The largest absolute Gasteiger partial charge is 0.465 e. The van der Waals surface area contributed by atoms with Crippen molar-refractivity contribution in [2.75, 3.05) is 13.7 Å². The van der Waals surface area contributed by atoms with Crippen LogP contribution in [0.5, 0.6) is 0 Å². The van der Waals surface area contributed by atoms with E-state index in [0.29, 0.717) is 6.04 Å². The number of sulfone groups is 1. The number of methoxy groups -OCH3 is 1. The quantitative estimate of drug-likeness (QED) is 0.863. The monoisotopic (exact) mass is 345 g/mol. The fourth-order valence-corrected chi connectivity index (χ4v) is 4.20. The van der Waals surface area contributed by atoms with Gasteiger partial charge in [-0.25, -0.2) is 13.2 Å². The van der Waals surface area contributed by atoms with Crippen LogP contribution in [0, 0.1) is 0 Å². The number of hydrogen-bond donors (Lipinski definition) is 1. The van der Waals surface area contributed by atoms with Crippen LogP contribution >= 0.6 is 0 Å². The van der Waals surface area contributed by atoms with Gasteiger partial charge < -0.3 is 10.1 Å². The molecule has 3 rings (SSSR count). The summed E-state index contributed by atoms with van der Waals surface area (Å²) in [5.74, 6) is -0.560. The smallest absolute Gasteiger partial charge is 0.337 e. The zero-order valence-electron chi connectivity index (χ0n) is 13.4. The molecule has 1 heterocycles. The van der Waals surface area contributed by atoms with Crippen LogP contribution in [0.3, 0.4) is 0 Å². The third kappa shape index (κ3) is 3.20. The van der Waals surface area contributed by atoms with Crippen molar-refractivity contribution in [3.8, 4) is 0 Å². The van der Waals surface area contributed by atoms with Gasteiger partial charge in [-0.3, -0.25) is 0 Å². The van der Waals surface area contributed by atoms with E-state index in [4.69, 9.17) is 0 Å². The molecule has 0 amide bonds. The Morgan fingerprint density at radius 1 is 1.12 bits per heavy atom. The summed E-state index contributed by atoms with van der Waals surface area (Å²) < 4.78 is 30.2. The molecule has 0 saturated carbocycles. The molecule has 2 aromatic rings. The number of ether oxygens (including phenoxy) is 1. The molecular formula is C18H19NO4S. The molecule has 0 radical (unpaired) electrons. The van der Waals surface area contributed by atoms with Crippen molar-refractivity contribution in [3.05, 3.63) is 59.7 Å². The van der Waals surface area contributed by atoms with Crippen LogP contribution in [-0.4, -0.2) is 28.0 Å². The number of benzene rings is 2. The lowest BCUT2D eigenvalue weighted by Crippen LogP contribution is -2.13. The normalized spacial score (nSPS) is 17.6. The maximum atomic E-state index is 12.8. The number of carbonyl (C=O) groups excluding carboxylic acids is 1. The van der Waals surface area contributed by atoms with E-state index < -0.39 is 15.8 Å². The number of rotatable bonds is 4. The van der Waals surface area contributed by atoms with Crippen LogP contribution in [0.1, 0.15) is 34.8 Å². The van der Waals surface area contributed by atoms with E-state index in [9.17, 15) is 13.2 Å². The molecule has 6 heteroatoms. The van der Waals surface area contributed by atoms with Gasteiger partial charge in [-0.1, -0.05) is 18.2 Å². The third-order valence-electron chi connectivity index (χ3n) is 4.22. The lowest BCUT2D eigenvalue weighted by molar-refractivity contribution is 0.0600. The first-order chi connectivity index (χ1) is 11.5. The molecule has 1 atom stereocenters. The number of nitrogens with one attached hydrogen (secondary N) is 1. The SMILES string of the molecule is COC(=O)c1cccc(S(=O)(=O)c2ccc([C@H]3CCCN3)cc2)c1. The van der Waals surface area contributed by atoms with Crippen molar-refractivity contribution >= 4 is 15.8 Å². The van der Waals surface area contributed by atoms with Crippen molar-refractivity contribution in [2.24, 2.45) is 0 Å². The third-order valence-corrected chi connectivity index (χ3v) is 5.99. The average molecular weight is 345 g/mol. The summed E-state index contributed by atoms with van der Waals surface area (Å²) >= 11 is 0. The van der Waals surface area contributed by atoms with Crippen LogP contribution < -0.4 is 5.32 Å². The molecule has 24 heavy (non-hydrogen) atoms. The minimum atomic E-state index is -3.67. The Kier molecular flexibility index (Phi) is 4.69. The lowest BCUT2D eigenvalue weighted by atomic mass is 10.1. The molecule has 5 nitrogen and oxygen atoms in total. The highest BCUT2D eigenvalue weighted by atomic mass is 32.2. The second-order valence-corrected chi connectivity index (χ2v) is 7.69. The van der Waals surface area contributed by atoms with E-state index in [1.807, 2.05) is 12.1 Å². The van der Waals surface area contributed by atoms with E-state index in [1.165, 1.54) is 31.4 Å². The molecular weight excluding hydrogens is 326 g/mol. The number of carbonyl (C=O) groups is 1. The molecule has 1 aliphatic heterocycles. The Balaban J connectivity index is 1.91. The van der Waals surface area contributed by atoms with Gasteiger partial charge in [-0.15, -0.1) is 0 Å². The molecule has 0 aromatic heterocycles. The lowest BCUT2D eigenvalue weighted by Gasteiger charge is -2.12. The Morgan fingerprint density at radius 3 is 2.50 bits per heavy atom. The highest BCUT2D eigenvalue weighted by Gasteiger charge is 2.21. The molecule has 1 fully saturated rings. The summed E-state index contributed by atoms with van der Waals surface area (Å²) in [5.41, 5.74) is 1.31. The topological polar surface area (TPSA) is 72.5 Å². The van der Waals surface area contributed by atoms with Crippen LogP contribution in [0.2, 0.25) is 0 Å². The van der Waals surface area contributed by atoms with E-state index in [1.54, 1.807) is 12.1 Å².